The highest BCUT2D eigenvalue weighted by Gasteiger charge is 2.40. The highest BCUT2D eigenvalue weighted by atomic mass is 35.5. The number of carbonyl (C=O) groups excluding carboxylic acids is 3. The number of aryl methyl sites for hydroxylation is 1. The van der Waals surface area contributed by atoms with E-state index in [-0.39, 0.29) is 64.6 Å². The number of amides is 3. The number of hydrogen-bond acceptors (Lipinski definition) is 11. The molecule has 3 N–H and O–H groups in total. The van der Waals surface area contributed by atoms with Crippen molar-refractivity contribution in [2.75, 3.05) is 23.7 Å². The maximum absolute atomic E-state index is 15.5. The molecule has 3 amide bonds. The van der Waals surface area contributed by atoms with Gasteiger partial charge < -0.3 is 20.3 Å². The minimum atomic E-state index is -3.59. The monoisotopic (exact) mass is 831 g/mol. The molecule has 4 aromatic rings. The zero-order valence-electron chi connectivity index (χ0n) is 33.1. The second-order valence-electron chi connectivity index (χ2n) is 15.7. The summed E-state index contributed by atoms with van der Waals surface area (Å²) in [5.74, 6) is -0.373. The molecule has 0 saturated carbocycles. The number of benzene rings is 3. The molecule has 16 heteroatoms. The molecule has 2 saturated heterocycles. The molecule has 1 unspecified atom stereocenters. The van der Waals surface area contributed by atoms with Gasteiger partial charge in [0.25, 0.3) is 5.91 Å². The van der Waals surface area contributed by atoms with E-state index in [0.717, 1.165) is 37.1 Å². The maximum Gasteiger partial charge on any atom is 0.255 e. The Morgan fingerprint density at radius 1 is 1.00 bits per heavy atom. The molecule has 7 rings (SSSR count). The number of likely N-dealkylation sites (tertiary alicyclic amines) is 1. The molecule has 4 heterocycles. The van der Waals surface area contributed by atoms with Crippen LogP contribution in [0.1, 0.15) is 91.9 Å². The number of anilines is 4. The average Bonchev–Trinajstić information content (AvgIpc) is 3.48. The fraction of sp³-hybridized carbons (Fsp3) is 0.405. The Hall–Kier alpha value is -5.12. The smallest absolute Gasteiger partial charge is 0.255 e. The molecule has 3 aliphatic heterocycles. The Kier molecular flexibility index (Phi) is 11.8. The fourth-order valence-corrected chi connectivity index (χ4v) is 9.17. The Bertz CT molecular complexity index is 2390. The van der Waals surface area contributed by atoms with Gasteiger partial charge in [0.15, 0.2) is 15.7 Å². The molecule has 306 valence electrons. The van der Waals surface area contributed by atoms with Crippen LogP contribution < -0.4 is 20.7 Å². The van der Waals surface area contributed by atoms with Crippen molar-refractivity contribution in [2.24, 2.45) is 0 Å². The zero-order chi connectivity index (χ0) is 41.5. The van der Waals surface area contributed by atoms with Crippen LogP contribution in [0.4, 0.5) is 27.5 Å². The zero-order valence-corrected chi connectivity index (χ0v) is 34.6. The lowest BCUT2D eigenvalue weighted by Crippen LogP contribution is -2.52. The SMILES string of the molecule is Cc1cc(Nc2ncc(Cl)c(Nc3ccccc3S(=O)(=O)C(C)C)n2)c(OC(C)C)cc1C1CCN(Cc2cc3c(cc2F)C(=O)N(C2CCC(=O)NC2=O)C3)CC1. The van der Waals surface area contributed by atoms with E-state index in [2.05, 4.69) is 36.9 Å². The van der Waals surface area contributed by atoms with Gasteiger partial charge in [-0.2, -0.15) is 4.98 Å². The van der Waals surface area contributed by atoms with E-state index < -0.39 is 38.8 Å². The van der Waals surface area contributed by atoms with Gasteiger partial charge in [0.1, 0.15) is 22.6 Å². The van der Waals surface area contributed by atoms with Crippen LogP contribution in [0.5, 0.6) is 5.75 Å². The van der Waals surface area contributed by atoms with E-state index in [1.54, 1.807) is 44.2 Å². The second-order valence-corrected chi connectivity index (χ2v) is 18.5. The molecule has 3 aromatic carbocycles. The van der Waals surface area contributed by atoms with E-state index >= 15 is 4.39 Å². The van der Waals surface area contributed by atoms with E-state index in [4.69, 9.17) is 16.3 Å². The number of nitrogens with zero attached hydrogens (tertiary/aromatic N) is 4. The molecule has 13 nitrogen and oxygen atoms in total. The summed E-state index contributed by atoms with van der Waals surface area (Å²) in [5, 5.41) is 8.27. The number of nitrogens with one attached hydrogen (secondary N) is 3. The van der Waals surface area contributed by atoms with E-state index in [9.17, 15) is 22.8 Å². The van der Waals surface area contributed by atoms with Gasteiger partial charge in [-0.1, -0.05) is 23.7 Å². The third-order valence-electron chi connectivity index (χ3n) is 10.9. The number of halogens is 2. The summed E-state index contributed by atoms with van der Waals surface area (Å²) in [5.41, 5.74) is 4.66. The first-order valence-corrected chi connectivity index (χ1v) is 21.4. The van der Waals surface area contributed by atoms with Crippen LogP contribution in [-0.2, 0) is 32.5 Å². The topological polar surface area (TPSA) is 163 Å². The van der Waals surface area contributed by atoms with Crippen molar-refractivity contribution < 1.29 is 31.9 Å². The Labute approximate surface area is 342 Å². The highest BCUT2D eigenvalue weighted by molar-refractivity contribution is 7.92. The first kappa shape index (κ1) is 41.1. The van der Waals surface area contributed by atoms with E-state index in [1.807, 2.05) is 26.8 Å². The number of ether oxygens (including phenoxy) is 1. The normalized spacial score (nSPS) is 17.8. The van der Waals surface area contributed by atoms with Crippen molar-refractivity contribution in [3.05, 3.63) is 93.4 Å². The van der Waals surface area contributed by atoms with Crippen LogP contribution >= 0.6 is 11.6 Å². The van der Waals surface area contributed by atoms with Gasteiger partial charge in [-0.3, -0.25) is 24.6 Å². The summed E-state index contributed by atoms with van der Waals surface area (Å²) in [6.07, 6.45) is 3.40. The summed E-state index contributed by atoms with van der Waals surface area (Å²) < 4.78 is 47.9. The Morgan fingerprint density at radius 3 is 2.45 bits per heavy atom. The third kappa shape index (κ3) is 8.52. The fourth-order valence-electron chi connectivity index (χ4n) is 7.83. The van der Waals surface area contributed by atoms with Gasteiger partial charge in [-0.15, -0.1) is 0 Å². The van der Waals surface area contributed by atoms with Crippen LogP contribution in [0.25, 0.3) is 0 Å². The predicted octanol–water partition coefficient (Wildman–Crippen LogP) is 7.17. The summed E-state index contributed by atoms with van der Waals surface area (Å²) in [6, 6.07) is 13.0. The minimum absolute atomic E-state index is 0.130. The van der Waals surface area contributed by atoms with E-state index in [1.165, 1.54) is 17.2 Å². The number of piperidine rings is 2. The van der Waals surface area contributed by atoms with Crippen LogP contribution in [0.15, 0.2) is 59.6 Å². The van der Waals surface area contributed by atoms with Gasteiger partial charge in [0, 0.05) is 30.6 Å². The van der Waals surface area contributed by atoms with E-state index in [0.29, 0.717) is 34.8 Å². The first-order valence-electron chi connectivity index (χ1n) is 19.5. The Morgan fingerprint density at radius 2 is 1.74 bits per heavy atom. The summed E-state index contributed by atoms with van der Waals surface area (Å²) in [6.45, 7) is 11.3. The molecule has 0 spiro atoms. The highest BCUT2D eigenvalue weighted by Crippen LogP contribution is 2.39. The molecule has 0 radical (unpaired) electrons. The number of rotatable bonds is 12. The molecule has 0 aliphatic carbocycles. The third-order valence-corrected chi connectivity index (χ3v) is 13.4. The number of carbonyl (C=O) groups is 3. The van der Waals surface area contributed by atoms with Crippen molar-refractivity contribution in [3.63, 3.8) is 0 Å². The van der Waals surface area contributed by atoms with Crippen LogP contribution in [0.3, 0.4) is 0 Å². The lowest BCUT2D eigenvalue weighted by molar-refractivity contribution is -0.136. The number of imide groups is 1. The molecule has 1 aromatic heterocycles. The van der Waals surface area contributed by atoms with Gasteiger partial charge in [0.05, 0.1) is 33.8 Å². The number of hydrogen-bond donors (Lipinski definition) is 3. The van der Waals surface area contributed by atoms with Crippen molar-refractivity contribution in [2.45, 2.75) is 102 Å². The van der Waals surface area contributed by atoms with Gasteiger partial charge >= 0.3 is 0 Å². The van der Waals surface area contributed by atoms with Crippen LogP contribution in [-0.4, -0.2) is 76.4 Å². The van der Waals surface area contributed by atoms with Gasteiger partial charge in [-0.05, 0) is 126 Å². The molecular weight excluding hydrogens is 785 g/mol. The summed E-state index contributed by atoms with van der Waals surface area (Å²) in [7, 11) is -3.59. The van der Waals surface area contributed by atoms with Crippen molar-refractivity contribution in [1.82, 2.24) is 25.1 Å². The Balaban J connectivity index is 1.04. The average molecular weight is 832 g/mol. The van der Waals surface area contributed by atoms with Crippen molar-refractivity contribution >= 4 is 62.3 Å². The number of aromatic nitrogens is 2. The molecule has 58 heavy (non-hydrogen) atoms. The molecule has 3 aliphatic rings. The molecule has 0 bridgehead atoms. The minimum Gasteiger partial charge on any atom is -0.489 e. The number of fused-ring (bicyclic) bond motifs is 1. The quantitative estimate of drug-likeness (QED) is 0.124. The van der Waals surface area contributed by atoms with Gasteiger partial charge in [0.2, 0.25) is 17.8 Å². The largest absolute Gasteiger partial charge is 0.489 e. The van der Waals surface area contributed by atoms with Crippen LogP contribution in [0, 0.1) is 12.7 Å². The number of sulfone groups is 1. The van der Waals surface area contributed by atoms with Crippen LogP contribution in [0.2, 0.25) is 5.02 Å². The second kappa shape index (κ2) is 16.6. The maximum atomic E-state index is 15.5. The first-order chi connectivity index (χ1) is 27.6. The standard InChI is InChI=1S/C42H47ClFN7O6S/c1-23(2)57-36-19-29(25(5)16-34(36)47-42-45-20-31(43)39(49-42)46-33-8-6-7-9-37(33)58(55,56)24(3)4)26-12-14-50(15-13-26)21-28-17-27-22-51(41(54)30(27)18-32(28)44)35-10-11-38(52)48-40(35)53/h6-9,16-20,23-24,26,35H,10-15,21-22H2,1-5H3,(H,48,52,53)(H2,45,46,47,49). The lowest BCUT2D eigenvalue weighted by atomic mass is 9.86. The summed E-state index contributed by atoms with van der Waals surface area (Å²) in [4.78, 5) is 50.1. The van der Waals surface area contributed by atoms with Crippen molar-refractivity contribution in [1.29, 1.82) is 0 Å². The lowest BCUT2D eigenvalue weighted by Gasteiger charge is -2.33. The molecule has 1 atom stereocenters. The molecule has 2 fully saturated rings. The van der Waals surface area contributed by atoms with Crippen molar-refractivity contribution in [3.8, 4) is 5.75 Å². The van der Waals surface area contributed by atoms with Gasteiger partial charge in [-0.25, -0.2) is 17.8 Å². The summed E-state index contributed by atoms with van der Waals surface area (Å²) >= 11 is 6.50. The molecular formula is C42H47ClFN7O6S. The predicted molar refractivity (Wildman–Crippen MR) is 219 cm³/mol. The number of para-hydroxylation sites is 1.